The van der Waals surface area contributed by atoms with Gasteiger partial charge in [0.2, 0.25) is 0 Å². The van der Waals surface area contributed by atoms with Gasteiger partial charge in [-0.15, -0.1) is 0 Å². The van der Waals surface area contributed by atoms with Crippen LogP contribution in [0.5, 0.6) is 0 Å². The summed E-state index contributed by atoms with van der Waals surface area (Å²) in [5.74, 6) is 0.687. The number of likely N-dealkylation sites (N-methyl/N-ethyl adjacent to an activating group) is 1. The van der Waals surface area contributed by atoms with Crippen molar-refractivity contribution in [2.45, 2.75) is 6.92 Å². The average Bonchev–Trinajstić information content (AvgIpc) is 2.51. The average molecular weight is 182 g/mol. The molecule has 1 rings (SSSR count). The van der Waals surface area contributed by atoms with Gasteiger partial charge >= 0.3 is 0 Å². The van der Waals surface area contributed by atoms with E-state index in [0.29, 0.717) is 18.7 Å². The zero-order valence-electron chi connectivity index (χ0n) is 7.91. The second-order valence-electron chi connectivity index (χ2n) is 2.96. The lowest BCUT2D eigenvalue weighted by Crippen LogP contribution is -2.31. The molecule has 1 aromatic rings. The number of rotatable bonds is 3. The van der Waals surface area contributed by atoms with Crippen LogP contribution in [0.4, 0.5) is 0 Å². The van der Waals surface area contributed by atoms with Crippen LogP contribution in [-0.2, 0) is 0 Å². The van der Waals surface area contributed by atoms with E-state index in [9.17, 15) is 4.79 Å². The Balaban J connectivity index is 2.67. The molecule has 1 heterocycles. The molecule has 0 aliphatic carbocycles. The van der Waals surface area contributed by atoms with Gasteiger partial charge in [0.25, 0.3) is 5.91 Å². The van der Waals surface area contributed by atoms with Crippen molar-refractivity contribution in [2.24, 2.45) is 5.73 Å². The molecular formula is C9H14N2O2. The SMILES string of the molecule is Cc1cc(C(=O)N(C)CCN)co1. The summed E-state index contributed by atoms with van der Waals surface area (Å²) in [6.07, 6.45) is 1.46. The van der Waals surface area contributed by atoms with Crippen molar-refractivity contribution in [1.82, 2.24) is 4.90 Å². The van der Waals surface area contributed by atoms with E-state index in [1.807, 2.05) is 0 Å². The fourth-order valence-corrected chi connectivity index (χ4v) is 1.07. The van der Waals surface area contributed by atoms with Gasteiger partial charge in [-0.2, -0.15) is 0 Å². The first-order chi connectivity index (χ1) is 6.15. The molecule has 0 fully saturated rings. The minimum absolute atomic E-state index is 0.0534. The molecule has 4 heteroatoms. The molecular weight excluding hydrogens is 168 g/mol. The molecule has 0 spiro atoms. The van der Waals surface area contributed by atoms with Crippen LogP contribution < -0.4 is 5.73 Å². The number of nitrogens with two attached hydrogens (primary N) is 1. The highest BCUT2D eigenvalue weighted by atomic mass is 16.3. The number of carbonyl (C=O) groups is 1. The van der Waals surface area contributed by atoms with E-state index >= 15 is 0 Å². The van der Waals surface area contributed by atoms with Gasteiger partial charge in [0, 0.05) is 20.1 Å². The number of nitrogens with zero attached hydrogens (tertiary/aromatic N) is 1. The zero-order chi connectivity index (χ0) is 9.84. The number of furan rings is 1. The van der Waals surface area contributed by atoms with E-state index in [4.69, 9.17) is 10.2 Å². The first-order valence-electron chi connectivity index (χ1n) is 4.16. The lowest BCUT2D eigenvalue weighted by atomic mass is 10.3. The quantitative estimate of drug-likeness (QED) is 0.745. The fourth-order valence-electron chi connectivity index (χ4n) is 1.07. The van der Waals surface area contributed by atoms with Crippen molar-refractivity contribution < 1.29 is 9.21 Å². The van der Waals surface area contributed by atoms with Gasteiger partial charge in [-0.1, -0.05) is 0 Å². The second-order valence-corrected chi connectivity index (χ2v) is 2.96. The van der Waals surface area contributed by atoms with Crippen molar-refractivity contribution in [3.05, 3.63) is 23.7 Å². The third-order valence-corrected chi connectivity index (χ3v) is 1.79. The van der Waals surface area contributed by atoms with Crippen LogP contribution in [0.3, 0.4) is 0 Å². The van der Waals surface area contributed by atoms with Crippen LogP contribution in [0.1, 0.15) is 16.1 Å². The number of hydrogen-bond acceptors (Lipinski definition) is 3. The number of carbonyl (C=O) groups excluding carboxylic acids is 1. The summed E-state index contributed by atoms with van der Waals surface area (Å²) < 4.78 is 5.04. The molecule has 1 amide bonds. The Hall–Kier alpha value is -1.29. The number of aryl methyl sites for hydroxylation is 1. The summed E-state index contributed by atoms with van der Waals surface area (Å²) in [5, 5.41) is 0. The Bertz CT molecular complexity index is 294. The minimum Gasteiger partial charge on any atom is -0.469 e. The summed E-state index contributed by atoms with van der Waals surface area (Å²) in [4.78, 5) is 13.1. The van der Waals surface area contributed by atoms with Crippen LogP contribution in [0.15, 0.2) is 16.7 Å². The number of amides is 1. The smallest absolute Gasteiger partial charge is 0.256 e. The van der Waals surface area contributed by atoms with E-state index < -0.39 is 0 Å². The molecule has 4 nitrogen and oxygen atoms in total. The Morgan fingerprint density at radius 2 is 2.38 bits per heavy atom. The first kappa shape index (κ1) is 9.80. The van der Waals surface area contributed by atoms with Gasteiger partial charge in [-0.05, 0) is 13.0 Å². The molecule has 0 aliphatic rings. The Morgan fingerprint density at radius 1 is 1.69 bits per heavy atom. The fraction of sp³-hybridized carbons (Fsp3) is 0.444. The summed E-state index contributed by atoms with van der Waals surface area (Å²) in [6.45, 7) is 2.84. The van der Waals surface area contributed by atoms with Crippen LogP contribution in [0.25, 0.3) is 0 Å². The second kappa shape index (κ2) is 4.09. The van der Waals surface area contributed by atoms with Crippen molar-refractivity contribution in [3.8, 4) is 0 Å². The van der Waals surface area contributed by atoms with Gasteiger partial charge in [-0.25, -0.2) is 0 Å². The lowest BCUT2D eigenvalue weighted by molar-refractivity contribution is 0.0798. The molecule has 0 unspecified atom stereocenters. The Morgan fingerprint density at radius 3 is 2.85 bits per heavy atom. The highest BCUT2D eigenvalue weighted by molar-refractivity contribution is 5.93. The van der Waals surface area contributed by atoms with Crippen LogP contribution in [-0.4, -0.2) is 30.9 Å². The third kappa shape index (κ3) is 2.32. The summed E-state index contributed by atoms with van der Waals surface area (Å²) in [5.41, 5.74) is 5.91. The van der Waals surface area contributed by atoms with Crippen molar-refractivity contribution in [1.29, 1.82) is 0 Å². The third-order valence-electron chi connectivity index (χ3n) is 1.79. The molecule has 72 valence electrons. The van der Waals surface area contributed by atoms with E-state index in [0.717, 1.165) is 5.76 Å². The summed E-state index contributed by atoms with van der Waals surface area (Å²) >= 11 is 0. The van der Waals surface area contributed by atoms with Crippen molar-refractivity contribution in [3.63, 3.8) is 0 Å². The Labute approximate surface area is 77.3 Å². The molecule has 0 bridgehead atoms. The van der Waals surface area contributed by atoms with Crippen molar-refractivity contribution in [2.75, 3.05) is 20.1 Å². The van der Waals surface area contributed by atoms with E-state index in [1.54, 1.807) is 24.9 Å². The van der Waals surface area contributed by atoms with Gasteiger partial charge in [0.15, 0.2) is 0 Å². The van der Waals surface area contributed by atoms with Crippen LogP contribution >= 0.6 is 0 Å². The van der Waals surface area contributed by atoms with Crippen LogP contribution in [0.2, 0.25) is 0 Å². The molecule has 0 aromatic carbocycles. The largest absolute Gasteiger partial charge is 0.469 e. The molecule has 13 heavy (non-hydrogen) atoms. The molecule has 0 radical (unpaired) electrons. The number of hydrogen-bond donors (Lipinski definition) is 1. The molecule has 1 aromatic heterocycles. The van der Waals surface area contributed by atoms with Gasteiger partial charge in [0.05, 0.1) is 5.56 Å². The van der Waals surface area contributed by atoms with E-state index in [2.05, 4.69) is 0 Å². The van der Waals surface area contributed by atoms with E-state index in [1.165, 1.54) is 6.26 Å². The maximum Gasteiger partial charge on any atom is 0.256 e. The zero-order valence-corrected chi connectivity index (χ0v) is 7.91. The molecule has 2 N–H and O–H groups in total. The summed E-state index contributed by atoms with van der Waals surface area (Å²) in [6, 6.07) is 1.72. The van der Waals surface area contributed by atoms with Crippen LogP contribution in [0, 0.1) is 6.92 Å². The standard InChI is InChI=1S/C9H14N2O2/c1-7-5-8(6-13-7)9(12)11(2)4-3-10/h5-6H,3-4,10H2,1-2H3. The predicted molar refractivity (Wildman–Crippen MR) is 49.5 cm³/mol. The first-order valence-corrected chi connectivity index (χ1v) is 4.16. The predicted octanol–water partition coefficient (Wildman–Crippen LogP) is 0.619. The maximum atomic E-state index is 11.6. The van der Waals surface area contributed by atoms with E-state index in [-0.39, 0.29) is 5.91 Å². The summed E-state index contributed by atoms with van der Waals surface area (Å²) in [7, 11) is 1.72. The molecule has 0 atom stereocenters. The van der Waals surface area contributed by atoms with Gasteiger partial charge in [0.1, 0.15) is 12.0 Å². The molecule has 0 aliphatic heterocycles. The highest BCUT2D eigenvalue weighted by Gasteiger charge is 2.12. The molecule has 0 saturated heterocycles. The van der Waals surface area contributed by atoms with Crippen molar-refractivity contribution >= 4 is 5.91 Å². The highest BCUT2D eigenvalue weighted by Crippen LogP contribution is 2.08. The maximum absolute atomic E-state index is 11.6. The van der Waals surface area contributed by atoms with Gasteiger partial charge < -0.3 is 15.1 Å². The van der Waals surface area contributed by atoms with Gasteiger partial charge in [-0.3, -0.25) is 4.79 Å². The normalized spacial score (nSPS) is 10.1. The lowest BCUT2D eigenvalue weighted by Gasteiger charge is -2.14. The monoisotopic (exact) mass is 182 g/mol. The Kier molecular flexibility index (Phi) is 3.08. The topological polar surface area (TPSA) is 59.5 Å². The minimum atomic E-state index is -0.0534. The molecule has 0 saturated carbocycles.